The normalized spacial score (nSPS) is 15.8. The topological polar surface area (TPSA) is 29.9 Å². The van der Waals surface area contributed by atoms with E-state index in [0.29, 0.717) is 10.5 Å². The van der Waals surface area contributed by atoms with Crippen molar-refractivity contribution in [3.05, 3.63) is 40.4 Å². The number of aromatic nitrogens is 2. The zero-order chi connectivity index (χ0) is 14.1. The molecule has 0 saturated heterocycles. The molecule has 1 fully saturated rings. The molecule has 3 rings (SSSR count). The summed E-state index contributed by atoms with van der Waals surface area (Å²) < 4.78 is 16.3. The molecule has 1 heterocycles. The Morgan fingerprint density at radius 2 is 2.10 bits per heavy atom. The molecule has 20 heavy (non-hydrogen) atoms. The lowest BCUT2D eigenvalue weighted by molar-refractivity contribution is 0.524. The van der Waals surface area contributed by atoms with Crippen LogP contribution in [0, 0.1) is 12.7 Å². The predicted molar refractivity (Wildman–Crippen MR) is 81.9 cm³/mol. The van der Waals surface area contributed by atoms with Gasteiger partial charge in [-0.25, -0.2) is 9.37 Å². The summed E-state index contributed by atoms with van der Waals surface area (Å²) in [7, 11) is 0. The van der Waals surface area contributed by atoms with Gasteiger partial charge in [0, 0.05) is 24.1 Å². The zero-order valence-corrected chi connectivity index (χ0v) is 13.0. The van der Waals surface area contributed by atoms with Gasteiger partial charge in [-0.05, 0) is 53.4 Å². The number of imidazole rings is 1. The minimum atomic E-state index is -0.267. The predicted octanol–water partition coefficient (Wildman–Crippen LogP) is 4.95. The van der Waals surface area contributed by atoms with E-state index >= 15 is 0 Å². The van der Waals surface area contributed by atoms with Crippen molar-refractivity contribution in [3.8, 4) is 0 Å². The Kier molecular flexibility index (Phi) is 3.78. The Morgan fingerprint density at radius 1 is 1.35 bits per heavy atom. The molecule has 1 aliphatic carbocycles. The number of rotatable bonds is 3. The molecule has 0 amide bonds. The third kappa shape index (κ3) is 2.59. The SMILES string of the molecule is Cc1cc(Br)c(F)cc1Nc1nccn1C1CCCC1. The fraction of sp³-hybridized carbons (Fsp3) is 0.400. The lowest BCUT2D eigenvalue weighted by Gasteiger charge is -2.17. The summed E-state index contributed by atoms with van der Waals surface area (Å²) in [6, 6.07) is 3.80. The molecule has 0 bridgehead atoms. The average Bonchev–Trinajstić information content (AvgIpc) is 3.06. The number of benzene rings is 1. The minimum absolute atomic E-state index is 0.267. The average molecular weight is 338 g/mol. The zero-order valence-electron chi connectivity index (χ0n) is 11.4. The Hall–Kier alpha value is -1.36. The molecule has 0 unspecified atom stereocenters. The first-order chi connectivity index (χ1) is 9.65. The van der Waals surface area contributed by atoms with E-state index < -0.39 is 0 Å². The summed E-state index contributed by atoms with van der Waals surface area (Å²) in [5.41, 5.74) is 1.75. The lowest BCUT2D eigenvalue weighted by Crippen LogP contribution is -2.08. The molecule has 0 atom stereocenters. The number of aryl methyl sites for hydroxylation is 1. The van der Waals surface area contributed by atoms with E-state index in [-0.39, 0.29) is 5.82 Å². The number of nitrogens with one attached hydrogen (secondary N) is 1. The molecule has 1 aliphatic rings. The van der Waals surface area contributed by atoms with E-state index in [1.165, 1.54) is 31.7 Å². The minimum Gasteiger partial charge on any atom is -0.325 e. The first-order valence-corrected chi connectivity index (χ1v) is 7.70. The van der Waals surface area contributed by atoms with Crippen molar-refractivity contribution in [1.29, 1.82) is 0 Å². The number of halogens is 2. The lowest BCUT2D eigenvalue weighted by atomic mass is 10.2. The highest BCUT2D eigenvalue weighted by Crippen LogP contribution is 2.33. The summed E-state index contributed by atoms with van der Waals surface area (Å²) in [4.78, 5) is 4.37. The number of anilines is 2. The monoisotopic (exact) mass is 337 g/mol. The standard InChI is InChI=1S/C15H17BrFN3/c1-10-8-12(16)13(17)9-14(10)19-15-18-6-7-20(15)11-4-2-3-5-11/h6-9,11H,2-5H2,1H3,(H,18,19). The first-order valence-electron chi connectivity index (χ1n) is 6.90. The molecule has 0 aliphatic heterocycles. The maximum Gasteiger partial charge on any atom is 0.207 e. The fourth-order valence-corrected chi connectivity index (χ4v) is 3.25. The second kappa shape index (κ2) is 5.56. The second-order valence-electron chi connectivity index (χ2n) is 5.30. The highest BCUT2D eigenvalue weighted by Gasteiger charge is 2.19. The molecule has 3 nitrogen and oxygen atoms in total. The van der Waals surface area contributed by atoms with Crippen LogP contribution in [0.5, 0.6) is 0 Å². The van der Waals surface area contributed by atoms with Gasteiger partial charge in [-0.3, -0.25) is 0 Å². The molecule has 5 heteroatoms. The highest BCUT2D eigenvalue weighted by molar-refractivity contribution is 9.10. The first kappa shape index (κ1) is 13.6. The van der Waals surface area contributed by atoms with Gasteiger partial charge in [-0.1, -0.05) is 12.8 Å². The smallest absolute Gasteiger partial charge is 0.207 e. The summed E-state index contributed by atoms with van der Waals surface area (Å²) in [6.07, 6.45) is 8.73. The molecule has 0 spiro atoms. The van der Waals surface area contributed by atoms with Crippen LogP contribution in [0.15, 0.2) is 29.0 Å². The van der Waals surface area contributed by atoms with E-state index in [4.69, 9.17) is 0 Å². The summed E-state index contributed by atoms with van der Waals surface area (Å²) in [5.74, 6) is 0.527. The van der Waals surface area contributed by atoms with Crippen LogP contribution in [0.3, 0.4) is 0 Å². The maximum absolute atomic E-state index is 13.7. The van der Waals surface area contributed by atoms with Crippen molar-refractivity contribution in [3.63, 3.8) is 0 Å². The van der Waals surface area contributed by atoms with Gasteiger partial charge < -0.3 is 9.88 Å². The van der Waals surface area contributed by atoms with E-state index in [0.717, 1.165) is 17.2 Å². The van der Waals surface area contributed by atoms with Crippen LogP contribution >= 0.6 is 15.9 Å². The Labute approximate surface area is 126 Å². The van der Waals surface area contributed by atoms with Gasteiger partial charge in [-0.15, -0.1) is 0 Å². The fourth-order valence-electron chi connectivity index (χ4n) is 2.79. The highest BCUT2D eigenvalue weighted by atomic mass is 79.9. The molecule has 1 N–H and O–H groups in total. The number of hydrogen-bond acceptors (Lipinski definition) is 2. The molecule has 2 aromatic rings. The van der Waals surface area contributed by atoms with Crippen molar-refractivity contribution < 1.29 is 4.39 Å². The second-order valence-corrected chi connectivity index (χ2v) is 6.16. The van der Waals surface area contributed by atoms with Gasteiger partial charge in [-0.2, -0.15) is 0 Å². The van der Waals surface area contributed by atoms with Crippen LogP contribution in [0.2, 0.25) is 0 Å². The maximum atomic E-state index is 13.7. The Bertz CT molecular complexity index is 618. The van der Waals surface area contributed by atoms with Crippen molar-refractivity contribution in [2.24, 2.45) is 0 Å². The van der Waals surface area contributed by atoms with Gasteiger partial charge in [0.05, 0.1) is 4.47 Å². The number of hydrogen-bond donors (Lipinski definition) is 1. The van der Waals surface area contributed by atoms with Gasteiger partial charge >= 0.3 is 0 Å². The van der Waals surface area contributed by atoms with Gasteiger partial charge in [0.15, 0.2) is 0 Å². The van der Waals surface area contributed by atoms with Gasteiger partial charge in [0.25, 0.3) is 0 Å². The van der Waals surface area contributed by atoms with Crippen molar-refractivity contribution >= 4 is 27.6 Å². The van der Waals surface area contributed by atoms with Crippen molar-refractivity contribution in [2.45, 2.75) is 38.6 Å². The quantitative estimate of drug-likeness (QED) is 0.858. The van der Waals surface area contributed by atoms with E-state index in [2.05, 4.69) is 30.8 Å². The van der Waals surface area contributed by atoms with E-state index in [1.54, 1.807) is 12.3 Å². The van der Waals surface area contributed by atoms with Gasteiger partial charge in [0.2, 0.25) is 5.95 Å². The summed E-state index contributed by atoms with van der Waals surface area (Å²) >= 11 is 3.20. The van der Waals surface area contributed by atoms with E-state index in [9.17, 15) is 4.39 Å². The van der Waals surface area contributed by atoms with E-state index in [1.807, 2.05) is 13.1 Å². The summed E-state index contributed by atoms with van der Waals surface area (Å²) in [5, 5.41) is 3.26. The molecule has 1 saturated carbocycles. The molecule has 1 aromatic carbocycles. The van der Waals surface area contributed by atoms with Crippen molar-refractivity contribution in [1.82, 2.24) is 9.55 Å². The summed E-state index contributed by atoms with van der Waals surface area (Å²) in [6.45, 7) is 1.95. The van der Waals surface area contributed by atoms with Crippen LogP contribution in [-0.4, -0.2) is 9.55 Å². The van der Waals surface area contributed by atoms with Crippen LogP contribution in [0.1, 0.15) is 37.3 Å². The van der Waals surface area contributed by atoms with Crippen LogP contribution in [0.25, 0.3) is 0 Å². The van der Waals surface area contributed by atoms with Crippen molar-refractivity contribution in [2.75, 3.05) is 5.32 Å². The molecule has 106 valence electrons. The third-order valence-electron chi connectivity index (χ3n) is 3.90. The molecule has 0 radical (unpaired) electrons. The Balaban J connectivity index is 1.88. The molecular formula is C15H17BrFN3. The van der Waals surface area contributed by atoms with Crippen LogP contribution < -0.4 is 5.32 Å². The Morgan fingerprint density at radius 3 is 2.85 bits per heavy atom. The van der Waals surface area contributed by atoms with Gasteiger partial charge in [0.1, 0.15) is 5.82 Å². The van der Waals surface area contributed by atoms with Crippen LogP contribution in [-0.2, 0) is 0 Å². The molecule has 1 aromatic heterocycles. The molecular weight excluding hydrogens is 321 g/mol. The largest absolute Gasteiger partial charge is 0.325 e. The third-order valence-corrected chi connectivity index (χ3v) is 4.51. The van der Waals surface area contributed by atoms with Crippen LogP contribution in [0.4, 0.5) is 16.0 Å². The number of nitrogens with zero attached hydrogens (tertiary/aromatic N) is 2.